The predicted octanol–water partition coefficient (Wildman–Crippen LogP) is 3.28. The lowest BCUT2D eigenvalue weighted by Gasteiger charge is -2.32. The summed E-state index contributed by atoms with van der Waals surface area (Å²) in [6.45, 7) is 0.563. The minimum absolute atomic E-state index is 0.170. The number of aromatic nitrogens is 1. The van der Waals surface area contributed by atoms with Crippen LogP contribution in [0.2, 0.25) is 0 Å². The van der Waals surface area contributed by atoms with Gasteiger partial charge in [-0.2, -0.15) is 0 Å². The molecule has 3 nitrogen and oxygen atoms in total. The maximum Gasteiger partial charge on any atom is 0.221 e. The standard InChI is InChI=1S/C16H20N2O/c17-16(9-4-1-5-10-16)12-19-15-14-7-3-2-6-13(14)8-11-18-15/h2-3,6-8,11H,1,4-5,9-10,12,17H2. The summed E-state index contributed by atoms with van der Waals surface area (Å²) in [6, 6.07) is 10.2. The van der Waals surface area contributed by atoms with Crippen LogP contribution < -0.4 is 10.5 Å². The zero-order chi connectivity index (χ0) is 13.1. The van der Waals surface area contributed by atoms with Gasteiger partial charge in [-0.1, -0.05) is 37.5 Å². The van der Waals surface area contributed by atoms with Gasteiger partial charge in [0.2, 0.25) is 5.88 Å². The van der Waals surface area contributed by atoms with Crippen LogP contribution in [0.25, 0.3) is 10.8 Å². The molecule has 0 unspecified atom stereocenters. The Bertz CT molecular complexity index is 556. The third kappa shape index (κ3) is 2.71. The van der Waals surface area contributed by atoms with E-state index in [1.165, 1.54) is 19.3 Å². The summed E-state index contributed by atoms with van der Waals surface area (Å²) < 4.78 is 5.93. The molecule has 0 atom stereocenters. The van der Waals surface area contributed by atoms with Crippen LogP contribution in [0.5, 0.6) is 5.88 Å². The molecule has 100 valence electrons. The Balaban J connectivity index is 1.78. The van der Waals surface area contributed by atoms with Gasteiger partial charge < -0.3 is 10.5 Å². The smallest absolute Gasteiger partial charge is 0.221 e. The van der Waals surface area contributed by atoms with Crippen molar-refractivity contribution in [3.8, 4) is 5.88 Å². The van der Waals surface area contributed by atoms with Crippen LogP contribution in [-0.2, 0) is 0 Å². The second-order valence-electron chi connectivity index (χ2n) is 5.55. The van der Waals surface area contributed by atoms with Crippen LogP contribution in [0.4, 0.5) is 0 Å². The van der Waals surface area contributed by atoms with E-state index >= 15 is 0 Å². The minimum atomic E-state index is -0.170. The maximum absolute atomic E-state index is 6.40. The fourth-order valence-corrected chi connectivity index (χ4v) is 2.82. The molecule has 19 heavy (non-hydrogen) atoms. The van der Waals surface area contributed by atoms with Crippen LogP contribution in [0.1, 0.15) is 32.1 Å². The van der Waals surface area contributed by atoms with E-state index in [0.29, 0.717) is 12.5 Å². The average molecular weight is 256 g/mol. The Morgan fingerprint density at radius 2 is 1.89 bits per heavy atom. The molecule has 1 aromatic heterocycles. The van der Waals surface area contributed by atoms with Gasteiger partial charge in [0, 0.05) is 11.6 Å². The van der Waals surface area contributed by atoms with E-state index in [9.17, 15) is 0 Å². The Morgan fingerprint density at radius 3 is 2.74 bits per heavy atom. The Hall–Kier alpha value is -1.61. The number of benzene rings is 1. The number of hydrogen-bond acceptors (Lipinski definition) is 3. The van der Waals surface area contributed by atoms with Crippen molar-refractivity contribution < 1.29 is 4.74 Å². The van der Waals surface area contributed by atoms with Gasteiger partial charge in [-0.15, -0.1) is 0 Å². The average Bonchev–Trinajstić information content (AvgIpc) is 2.46. The van der Waals surface area contributed by atoms with E-state index in [1.54, 1.807) is 6.20 Å². The third-order valence-corrected chi connectivity index (χ3v) is 3.98. The van der Waals surface area contributed by atoms with Crippen molar-refractivity contribution in [1.29, 1.82) is 0 Å². The molecule has 0 amide bonds. The first kappa shape index (κ1) is 12.4. The molecule has 1 heterocycles. The maximum atomic E-state index is 6.40. The Kier molecular flexibility index (Phi) is 3.38. The Morgan fingerprint density at radius 1 is 1.11 bits per heavy atom. The quantitative estimate of drug-likeness (QED) is 0.916. The van der Waals surface area contributed by atoms with Crippen LogP contribution >= 0.6 is 0 Å². The summed E-state index contributed by atoms with van der Waals surface area (Å²) in [6.07, 6.45) is 7.62. The van der Waals surface area contributed by atoms with Crippen molar-refractivity contribution in [3.05, 3.63) is 36.5 Å². The highest BCUT2D eigenvalue weighted by molar-refractivity contribution is 5.86. The van der Waals surface area contributed by atoms with Crippen LogP contribution in [0.15, 0.2) is 36.5 Å². The van der Waals surface area contributed by atoms with Gasteiger partial charge in [0.25, 0.3) is 0 Å². The fourth-order valence-electron chi connectivity index (χ4n) is 2.82. The largest absolute Gasteiger partial charge is 0.475 e. The molecular formula is C16H20N2O. The van der Waals surface area contributed by atoms with Gasteiger partial charge in [0.05, 0.1) is 5.54 Å². The number of hydrogen-bond donors (Lipinski definition) is 1. The molecule has 1 aromatic carbocycles. The molecule has 0 radical (unpaired) electrons. The minimum Gasteiger partial charge on any atom is -0.475 e. The molecule has 2 N–H and O–H groups in total. The van der Waals surface area contributed by atoms with E-state index in [1.807, 2.05) is 24.3 Å². The number of nitrogens with zero attached hydrogens (tertiary/aromatic N) is 1. The topological polar surface area (TPSA) is 48.1 Å². The third-order valence-electron chi connectivity index (χ3n) is 3.98. The van der Waals surface area contributed by atoms with Crippen molar-refractivity contribution in [3.63, 3.8) is 0 Å². The van der Waals surface area contributed by atoms with E-state index in [-0.39, 0.29) is 5.54 Å². The summed E-state index contributed by atoms with van der Waals surface area (Å²) in [7, 11) is 0. The first-order valence-corrected chi connectivity index (χ1v) is 7.02. The predicted molar refractivity (Wildman–Crippen MR) is 77.2 cm³/mol. The fraction of sp³-hybridized carbons (Fsp3) is 0.438. The molecule has 1 saturated carbocycles. The highest BCUT2D eigenvalue weighted by Crippen LogP contribution is 2.28. The summed E-state index contributed by atoms with van der Waals surface area (Å²) in [4.78, 5) is 4.34. The number of ether oxygens (including phenoxy) is 1. The summed E-state index contributed by atoms with van der Waals surface area (Å²) in [5.74, 6) is 0.702. The zero-order valence-electron chi connectivity index (χ0n) is 11.1. The molecule has 2 aromatic rings. The molecule has 1 fully saturated rings. The van der Waals surface area contributed by atoms with Gasteiger partial charge >= 0.3 is 0 Å². The van der Waals surface area contributed by atoms with Gasteiger partial charge in [-0.05, 0) is 30.4 Å². The molecule has 0 bridgehead atoms. The monoisotopic (exact) mass is 256 g/mol. The van der Waals surface area contributed by atoms with Crippen molar-refractivity contribution in [2.24, 2.45) is 5.73 Å². The molecule has 0 spiro atoms. The second-order valence-corrected chi connectivity index (χ2v) is 5.55. The lowest BCUT2D eigenvalue weighted by Crippen LogP contribution is -2.47. The van der Waals surface area contributed by atoms with Crippen molar-refractivity contribution in [1.82, 2.24) is 4.98 Å². The number of nitrogens with two attached hydrogens (primary N) is 1. The molecule has 3 rings (SSSR count). The van der Waals surface area contributed by atoms with Gasteiger partial charge in [0.15, 0.2) is 0 Å². The molecule has 1 aliphatic carbocycles. The van der Waals surface area contributed by atoms with E-state index in [2.05, 4.69) is 11.1 Å². The van der Waals surface area contributed by atoms with E-state index < -0.39 is 0 Å². The van der Waals surface area contributed by atoms with Crippen LogP contribution in [0, 0.1) is 0 Å². The van der Waals surface area contributed by atoms with Gasteiger partial charge in [-0.3, -0.25) is 0 Å². The van der Waals surface area contributed by atoms with E-state index in [4.69, 9.17) is 10.5 Å². The lowest BCUT2D eigenvalue weighted by atomic mass is 9.83. The van der Waals surface area contributed by atoms with Gasteiger partial charge in [0.1, 0.15) is 6.61 Å². The highest BCUT2D eigenvalue weighted by Gasteiger charge is 2.28. The molecule has 0 aliphatic heterocycles. The lowest BCUT2D eigenvalue weighted by molar-refractivity contribution is 0.171. The number of rotatable bonds is 3. The molecule has 1 aliphatic rings. The summed E-state index contributed by atoms with van der Waals surface area (Å²) in [5, 5.41) is 2.21. The van der Waals surface area contributed by atoms with Gasteiger partial charge in [-0.25, -0.2) is 4.98 Å². The summed E-state index contributed by atoms with van der Waals surface area (Å²) >= 11 is 0. The molecule has 3 heteroatoms. The molecular weight excluding hydrogens is 236 g/mol. The number of pyridine rings is 1. The molecule has 0 saturated heterocycles. The van der Waals surface area contributed by atoms with E-state index in [0.717, 1.165) is 23.6 Å². The zero-order valence-corrected chi connectivity index (χ0v) is 11.1. The van der Waals surface area contributed by atoms with Crippen molar-refractivity contribution >= 4 is 10.8 Å². The van der Waals surface area contributed by atoms with Crippen LogP contribution in [-0.4, -0.2) is 17.1 Å². The normalized spacial score (nSPS) is 18.4. The first-order chi connectivity index (χ1) is 9.27. The summed E-state index contributed by atoms with van der Waals surface area (Å²) in [5.41, 5.74) is 6.23. The highest BCUT2D eigenvalue weighted by atomic mass is 16.5. The number of fused-ring (bicyclic) bond motifs is 1. The first-order valence-electron chi connectivity index (χ1n) is 7.02. The van der Waals surface area contributed by atoms with Crippen LogP contribution in [0.3, 0.4) is 0 Å². The van der Waals surface area contributed by atoms with Crippen molar-refractivity contribution in [2.75, 3.05) is 6.61 Å². The second kappa shape index (κ2) is 5.17. The Labute approximate surface area is 113 Å². The SMILES string of the molecule is NC1(COc2nccc3ccccc23)CCCCC1. The van der Waals surface area contributed by atoms with Crippen molar-refractivity contribution in [2.45, 2.75) is 37.6 Å².